The maximum absolute atomic E-state index is 13.3. The quantitative estimate of drug-likeness (QED) is 0.637. The van der Waals surface area contributed by atoms with Crippen molar-refractivity contribution in [3.63, 3.8) is 0 Å². The van der Waals surface area contributed by atoms with Crippen molar-refractivity contribution in [3.05, 3.63) is 35.6 Å². The molecule has 21 heavy (non-hydrogen) atoms. The fourth-order valence-electron chi connectivity index (χ4n) is 1.82. The lowest BCUT2D eigenvalue weighted by molar-refractivity contribution is -0.00746. The molecule has 0 amide bonds. The fraction of sp³-hybridized carbons (Fsp3) is 0.625. The minimum Gasteiger partial charge on any atom is -0.382 e. The van der Waals surface area contributed by atoms with E-state index in [-0.39, 0.29) is 11.9 Å². The Morgan fingerprint density at radius 1 is 1.14 bits per heavy atom. The van der Waals surface area contributed by atoms with Gasteiger partial charge in [0.15, 0.2) is 0 Å². The van der Waals surface area contributed by atoms with Gasteiger partial charge >= 0.3 is 0 Å². The Kier molecular flexibility index (Phi) is 9.17. The minimum atomic E-state index is -0.248. The van der Waals surface area contributed by atoms with Crippen LogP contribution in [0.3, 0.4) is 0 Å². The third-order valence-corrected chi connectivity index (χ3v) is 2.91. The molecule has 4 nitrogen and oxygen atoms in total. The highest BCUT2D eigenvalue weighted by Gasteiger charge is 2.13. The van der Waals surface area contributed by atoms with Gasteiger partial charge in [0, 0.05) is 19.7 Å². The zero-order valence-electron chi connectivity index (χ0n) is 13.1. The summed E-state index contributed by atoms with van der Waals surface area (Å²) in [7, 11) is 1.64. The lowest BCUT2D eigenvalue weighted by Crippen LogP contribution is -2.29. The summed E-state index contributed by atoms with van der Waals surface area (Å²) < 4.78 is 29.4. The molecule has 0 aliphatic rings. The highest BCUT2D eigenvalue weighted by Crippen LogP contribution is 2.17. The van der Waals surface area contributed by atoms with E-state index in [2.05, 4.69) is 19.2 Å². The number of nitrogens with one attached hydrogen (secondary N) is 1. The van der Waals surface area contributed by atoms with Gasteiger partial charge in [-0.1, -0.05) is 26.0 Å². The van der Waals surface area contributed by atoms with Crippen LogP contribution in [0, 0.1) is 5.82 Å². The van der Waals surface area contributed by atoms with Crippen LogP contribution in [0.25, 0.3) is 0 Å². The van der Waals surface area contributed by atoms with Gasteiger partial charge in [-0.3, -0.25) is 0 Å². The van der Waals surface area contributed by atoms with Crippen LogP contribution >= 0.6 is 0 Å². The van der Waals surface area contributed by atoms with Gasteiger partial charge in [0.2, 0.25) is 0 Å². The van der Waals surface area contributed by atoms with Crippen LogP contribution in [0.5, 0.6) is 0 Å². The van der Waals surface area contributed by atoms with Crippen LogP contribution in [0.4, 0.5) is 4.39 Å². The van der Waals surface area contributed by atoms with Crippen LogP contribution in [0.1, 0.15) is 25.5 Å². The molecule has 0 saturated heterocycles. The van der Waals surface area contributed by atoms with Gasteiger partial charge in [-0.25, -0.2) is 4.39 Å². The smallest absolute Gasteiger partial charge is 0.123 e. The van der Waals surface area contributed by atoms with E-state index in [1.165, 1.54) is 12.1 Å². The van der Waals surface area contributed by atoms with Crippen molar-refractivity contribution in [1.29, 1.82) is 0 Å². The fourth-order valence-corrected chi connectivity index (χ4v) is 1.82. The monoisotopic (exact) mass is 299 g/mol. The predicted octanol–water partition coefficient (Wildman–Crippen LogP) is 2.54. The molecule has 1 aromatic rings. The van der Waals surface area contributed by atoms with Crippen molar-refractivity contribution in [2.75, 3.05) is 40.1 Å². The summed E-state index contributed by atoms with van der Waals surface area (Å²) in [5.41, 5.74) is 0.833. The van der Waals surface area contributed by atoms with Crippen molar-refractivity contribution in [3.8, 4) is 0 Å². The van der Waals surface area contributed by atoms with Gasteiger partial charge in [-0.15, -0.1) is 0 Å². The summed E-state index contributed by atoms with van der Waals surface area (Å²) in [5.74, 6) is -0.248. The van der Waals surface area contributed by atoms with Crippen molar-refractivity contribution in [2.45, 2.75) is 26.0 Å². The van der Waals surface area contributed by atoms with Gasteiger partial charge in [0.05, 0.1) is 32.5 Å². The number of halogens is 1. The Morgan fingerprint density at radius 3 is 2.57 bits per heavy atom. The van der Waals surface area contributed by atoms with Gasteiger partial charge in [-0.05, 0) is 17.7 Å². The molecule has 0 heterocycles. The Labute approximate surface area is 126 Å². The van der Waals surface area contributed by atoms with Crippen molar-refractivity contribution < 1.29 is 18.6 Å². The zero-order valence-corrected chi connectivity index (χ0v) is 13.1. The molecule has 0 aromatic heterocycles. The molecule has 0 radical (unpaired) electrons. The number of rotatable bonds is 11. The largest absolute Gasteiger partial charge is 0.382 e. The van der Waals surface area contributed by atoms with Gasteiger partial charge in [0.25, 0.3) is 0 Å². The first-order valence-electron chi connectivity index (χ1n) is 7.30. The predicted molar refractivity (Wildman–Crippen MR) is 80.9 cm³/mol. The molecule has 0 aliphatic heterocycles. The number of methoxy groups -OCH3 is 1. The Morgan fingerprint density at radius 2 is 1.90 bits per heavy atom. The maximum atomic E-state index is 13.3. The summed E-state index contributed by atoms with van der Waals surface area (Å²) >= 11 is 0. The molecule has 120 valence electrons. The van der Waals surface area contributed by atoms with Crippen LogP contribution in [0.15, 0.2) is 24.3 Å². The third-order valence-electron chi connectivity index (χ3n) is 2.91. The lowest BCUT2D eigenvalue weighted by atomic mass is 10.1. The van der Waals surface area contributed by atoms with Crippen LogP contribution in [-0.2, 0) is 14.2 Å². The summed E-state index contributed by atoms with van der Waals surface area (Å²) in [6.45, 7) is 6.85. The molecule has 5 heteroatoms. The van der Waals surface area contributed by atoms with Crippen molar-refractivity contribution in [1.82, 2.24) is 5.32 Å². The number of hydrogen-bond acceptors (Lipinski definition) is 4. The second-order valence-corrected chi connectivity index (χ2v) is 5.08. The van der Waals surface area contributed by atoms with Crippen molar-refractivity contribution >= 4 is 0 Å². The number of hydrogen-bond donors (Lipinski definition) is 1. The molecular formula is C16H26FNO3. The Bertz CT molecular complexity index is 388. The molecule has 0 spiro atoms. The summed E-state index contributed by atoms with van der Waals surface area (Å²) in [5, 5.41) is 3.32. The van der Waals surface area contributed by atoms with Crippen LogP contribution in [0.2, 0.25) is 0 Å². The second kappa shape index (κ2) is 10.7. The van der Waals surface area contributed by atoms with E-state index in [4.69, 9.17) is 14.2 Å². The van der Waals surface area contributed by atoms with Crippen LogP contribution < -0.4 is 5.32 Å². The molecule has 1 rings (SSSR count). The maximum Gasteiger partial charge on any atom is 0.123 e. The normalized spacial score (nSPS) is 12.8. The molecule has 0 fully saturated rings. The van der Waals surface area contributed by atoms with Crippen LogP contribution in [-0.4, -0.2) is 46.1 Å². The molecule has 0 aliphatic carbocycles. The molecule has 1 aromatic carbocycles. The van der Waals surface area contributed by atoms with Gasteiger partial charge in [-0.2, -0.15) is 0 Å². The zero-order chi connectivity index (χ0) is 15.5. The van der Waals surface area contributed by atoms with E-state index >= 15 is 0 Å². The standard InChI is InChI=1S/C16H26FNO3/c1-13(2)18-12-16(14-5-4-6-15(17)11-14)21-10-9-20-8-7-19-3/h4-6,11,13,16,18H,7-10,12H2,1-3H3. The second-order valence-electron chi connectivity index (χ2n) is 5.08. The van der Waals surface area contributed by atoms with Gasteiger partial charge in [0.1, 0.15) is 5.82 Å². The highest BCUT2D eigenvalue weighted by molar-refractivity contribution is 5.19. The summed E-state index contributed by atoms with van der Waals surface area (Å²) in [6.07, 6.45) is -0.186. The van der Waals surface area contributed by atoms with E-state index in [1.54, 1.807) is 13.2 Å². The number of ether oxygens (including phenoxy) is 3. The average molecular weight is 299 g/mol. The first kappa shape index (κ1) is 18.0. The molecule has 0 saturated carbocycles. The highest BCUT2D eigenvalue weighted by atomic mass is 19.1. The summed E-state index contributed by atoms with van der Waals surface area (Å²) in [4.78, 5) is 0. The van der Waals surface area contributed by atoms with E-state index in [9.17, 15) is 4.39 Å². The summed E-state index contributed by atoms with van der Waals surface area (Å²) in [6, 6.07) is 6.87. The van der Waals surface area contributed by atoms with E-state index in [0.29, 0.717) is 39.0 Å². The third kappa shape index (κ3) is 8.12. The molecular weight excluding hydrogens is 273 g/mol. The SMILES string of the molecule is COCCOCCOC(CNC(C)C)c1cccc(F)c1. The average Bonchev–Trinajstić information content (AvgIpc) is 2.45. The van der Waals surface area contributed by atoms with E-state index in [0.717, 1.165) is 5.56 Å². The Hall–Kier alpha value is -1.01. The first-order valence-corrected chi connectivity index (χ1v) is 7.30. The molecule has 1 unspecified atom stereocenters. The van der Waals surface area contributed by atoms with Gasteiger partial charge < -0.3 is 19.5 Å². The number of benzene rings is 1. The Balaban J connectivity index is 2.45. The molecule has 1 atom stereocenters. The topological polar surface area (TPSA) is 39.7 Å². The van der Waals surface area contributed by atoms with E-state index in [1.807, 2.05) is 6.07 Å². The molecule has 1 N–H and O–H groups in total. The molecule has 0 bridgehead atoms. The first-order chi connectivity index (χ1) is 10.1. The lowest BCUT2D eigenvalue weighted by Gasteiger charge is -2.20. The van der Waals surface area contributed by atoms with Crippen molar-refractivity contribution in [2.24, 2.45) is 0 Å². The van der Waals surface area contributed by atoms with E-state index < -0.39 is 0 Å². The minimum absolute atomic E-state index is 0.186.